The molecule has 0 unspecified atom stereocenters. The number of para-hydroxylation sites is 2. The number of rotatable bonds is 6. The number of anilines is 1. The van der Waals surface area contributed by atoms with Crippen LogP contribution in [0.5, 0.6) is 11.5 Å². The summed E-state index contributed by atoms with van der Waals surface area (Å²) in [5.74, 6) is 0.570. The summed E-state index contributed by atoms with van der Waals surface area (Å²) in [6.45, 7) is 0.294. The van der Waals surface area contributed by atoms with Crippen LogP contribution in [0, 0.1) is 0 Å². The third kappa shape index (κ3) is 4.34. The van der Waals surface area contributed by atoms with E-state index in [9.17, 15) is 9.90 Å². The van der Waals surface area contributed by atoms with Crippen LogP contribution in [0.3, 0.4) is 0 Å². The number of methoxy groups -OCH3 is 1. The van der Waals surface area contributed by atoms with Crippen molar-refractivity contribution in [3.05, 3.63) is 89.5 Å². The highest BCUT2D eigenvalue weighted by Crippen LogP contribution is 2.28. The topological polar surface area (TPSA) is 128 Å². The second-order valence-corrected chi connectivity index (χ2v) is 7.83. The summed E-state index contributed by atoms with van der Waals surface area (Å²) in [6, 6.07) is 21.4. The average Bonchev–Trinajstić information content (AvgIpc) is 3.15. The van der Waals surface area contributed by atoms with Crippen molar-refractivity contribution in [1.82, 2.24) is 20.0 Å². The molecule has 2 heterocycles. The summed E-state index contributed by atoms with van der Waals surface area (Å²) >= 11 is 0. The van der Waals surface area contributed by atoms with E-state index < -0.39 is 0 Å². The van der Waals surface area contributed by atoms with Gasteiger partial charge in [0.2, 0.25) is 0 Å². The second-order valence-electron chi connectivity index (χ2n) is 7.83. The van der Waals surface area contributed by atoms with E-state index in [0.717, 1.165) is 11.3 Å². The van der Waals surface area contributed by atoms with Gasteiger partial charge in [0.1, 0.15) is 28.4 Å². The number of carbonyl (C=O) groups excluding carboxylic acids is 1. The van der Waals surface area contributed by atoms with Crippen molar-refractivity contribution >= 4 is 40.1 Å². The largest absolute Gasteiger partial charge is 0.508 e. The van der Waals surface area contributed by atoms with Crippen LogP contribution in [0.25, 0.3) is 22.2 Å². The molecule has 2 aromatic heterocycles. The monoisotopic (exact) mass is 466 g/mol. The van der Waals surface area contributed by atoms with Gasteiger partial charge in [-0.2, -0.15) is 9.78 Å². The van der Waals surface area contributed by atoms with Crippen LogP contribution < -0.4 is 15.8 Å². The number of nitrogen functional groups attached to an aromatic ring is 1. The smallest absolute Gasteiger partial charge is 0.257 e. The van der Waals surface area contributed by atoms with Gasteiger partial charge in [-0.1, -0.05) is 36.4 Å². The lowest BCUT2D eigenvalue weighted by Gasteiger charge is -2.06. The van der Waals surface area contributed by atoms with E-state index in [1.54, 1.807) is 31.4 Å². The first-order valence-electron chi connectivity index (χ1n) is 10.8. The maximum Gasteiger partial charge on any atom is 0.257 e. The van der Waals surface area contributed by atoms with Gasteiger partial charge in [0.25, 0.3) is 5.91 Å². The first kappa shape index (κ1) is 21.9. The molecule has 9 heteroatoms. The number of phenols is 1. The Balaban J connectivity index is 1.55. The van der Waals surface area contributed by atoms with Gasteiger partial charge in [0.05, 0.1) is 24.4 Å². The van der Waals surface area contributed by atoms with Crippen LogP contribution in [0.4, 0.5) is 5.82 Å². The van der Waals surface area contributed by atoms with Gasteiger partial charge in [0, 0.05) is 6.54 Å². The fourth-order valence-corrected chi connectivity index (χ4v) is 3.73. The van der Waals surface area contributed by atoms with Gasteiger partial charge in [-0.05, 0) is 47.5 Å². The van der Waals surface area contributed by atoms with E-state index in [2.05, 4.69) is 20.4 Å². The van der Waals surface area contributed by atoms with Crippen molar-refractivity contribution < 1.29 is 14.6 Å². The molecule has 0 aliphatic carbocycles. The maximum atomic E-state index is 13.3. The zero-order valence-corrected chi connectivity index (χ0v) is 18.8. The molecule has 4 N–H and O–H groups in total. The normalized spacial score (nSPS) is 11.3. The molecule has 9 nitrogen and oxygen atoms in total. The molecule has 0 spiro atoms. The fourth-order valence-electron chi connectivity index (χ4n) is 3.73. The number of nitrogens with one attached hydrogen (secondary N) is 1. The lowest BCUT2D eigenvalue weighted by Crippen LogP contribution is -2.23. The van der Waals surface area contributed by atoms with Gasteiger partial charge in [-0.3, -0.25) is 4.79 Å². The molecule has 35 heavy (non-hydrogen) atoms. The number of nitrogens with zero attached hydrogens (tertiary/aromatic N) is 4. The summed E-state index contributed by atoms with van der Waals surface area (Å²) in [7, 11) is 1.60. The highest BCUT2D eigenvalue weighted by atomic mass is 16.5. The minimum Gasteiger partial charge on any atom is -0.508 e. The Morgan fingerprint density at radius 3 is 2.54 bits per heavy atom. The Morgan fingerprint density at radius 1 is 1.09 bits per heavy atom. The van der Waals surface area contributed by atoms with Crippen LogP contribution in [0.15, 0.2) is 77.9 Å². The Morgan fingerprint density at radius 2 is 1.83 bits per heavy atom. The van der Waals surface area contributed by atoms with Crippen molar-refractivity contribution in [3.8, 4) is 11.5 Å². The SMILES string of the molecule is COc1ccc(CNC(=O)c2c(N)n(/N=C/c3cccc(O)c3)c3nc4ccccc4nc23)cc1. The number of ether oxygens (including phenoxy) is 1. The van der Waals surface area contributed by atoms with Crippen molar-refractivity contribution in [2.75, 3.05) is 12.8 Å². The third-order valence-electron chi connectivity index (χ3n) is 5.51. The second kappa shape index (κ2) is 9.14. The lowest BCUT2D eigenvalue weighted by molar-refractivity contribution is 0.0953. The number of hydrogen-bond acceptors (Lipinski definition) is 7. The molecule has 174 valence electrons. The number of amides is 1. The highest BCUT2D eigenvalue weighted by molar-refractivity contribution is 6.10. The Labute approximate surface area is 200 Å². The van der Waals surface area contributed by atoms with Gasteiger partial charge >= 0.3 is 0 Å². The molecule has 0 aliphatic heterocycles. The fraction of sp³-hybridized carbons (Fsp3) is 0.0769. The maximum absolute atomic E-state index is 13.3. The molecule has 1 amide bonds. The van der Waals surface area contributed by atoms with Crippen LogP contribution in [-0.4, -0.2) is 39.0 Å². The third-order valence-corrected chi connectivity index (χ3v) is 5.51. The number of aromatic nitrogens is 3. The molecule has 0 radical (unpaired) electrons. The first-order valence-corrected chi connectivity index (χ1v) is 10.8. The molecule has 0 atom stereocenters. The van der Waals surface area contributed by atoms with Crippen LogP contribution in [0.2, 0.25) is 0 Å². The van der Waals surface area contributed by atoms with Crippen LogP contribution >= 0.6 is 0 Å². The van der Waals surface area contributed by atoms with E-state index in [-0.39, 0.29) is 23.0 Å². The summed E-state index contributed by atoms with van der Waals surface area (Å²) < 4.78 is 6.57. The van der Waals surface area contributed by atoms with Crippen molar-refractivity contribution in [3.63, 3.8) is 0 Å². The molecule has 0 fully saturated rings. The van der Waals surface area contributed by atoms with E-state index in [1.807, 2.05) is 48.5 Å². The molecule has 5 aromatic rings. The molecular weight excluding hydrogens is 444 g/mol. The predicted molar refractivity (Wildman–Crippen MR) is 135 cm³/mol. The quantitative estimate of drug-likeness (QED) is 0.328. The summed E-state index contributed by atoms with van der Waals surface area (Å²) in [6.07, 6.45) is 1.53. The standard InChI is InChI=1S/C26H22N6O3/c1-35-19-11-9-16(10-12-19)14-28-26(34)22-23-25(31-21-8-3-2-7-20(21)30-23)32(24(22)27)29-15-17-5-4-6-18(33)13-17/h2-13,15,33H,14,27H2,1H3,(H,28,34)/b29-15+. The molecule has 0 bridgehead atoms. The predicted octanol–water partition coefficient (Wildman–Crippen LogP) is 3.69. The van der Waals surface area contributed by atoms with Crippen LogP contribution in [-0.2, 0) is 6.54 Å². The van der Waals surface area contributed by atoms with Crippen molar-refractivity contribution in [2.24, 2.45) is 5.10 Å². The van der Waals surface area contributed by atoms with Crippen molar-refractivity contribution in [1.29, 1.82) is 0 Å². The van der Waals surface area contributed by atoms with Gasteiger partial charge < -0.3 is 20.9 Å². The number of benzene rings is 3. The highest BCUT2D eigenvalue weighted by Gasteiger charge is 2.24. The number of phenolic OH excluding ortho intramolecular Hbond substituents is 1. The number of carbonyl (C=O) groups is 1. The van der Waals surface area contributed by atoms with E-state index in [0.29, 0.717) is 34.3 Å². The number of aromatic hydroxyl groups is 1. The van der Waals surface area contributed by atoms with E-state index in [4.69, 9.17) is 10.5 Å². The molecule has 3 aromatic carbocycles. The van der Waals surface area contributed by atoms with Gasteiger partial charge in [-0.15, -0.1) is 0 Å². The zero-order valence-electron chi connectivity index (χ0n) is 18.8. The minimum absolute atomic E-state index is 0.110. The zero-order chi connectivity index (χ0) is 24.4. The van der Waals surface area contributed by atoms with Gasteiger partial charge in [-0.25, -0.2) is 9.97 Å². The van der Waals surface area contributed by atoms with Gasteiger partial charge in [0.15, 0.2) is 5.65 Å². The summed E-state index contributed by atoms with van der Waals surface area (Å²) in [4.78, 5) is 22.6. The molecule has 0 saturated carbocycles. The summed E-state index contributed by atoms with van der Waals surface area (Å²) in [5, 5.41) is 17.1. The van der Waals surface area contributed by atoms with Crippen LogP contribution in [0.1, 0.15) is 21.5 Å². The Kier molecular flexibility index (Phi) is 5.72. The average molecular weight is 467 g/mol. The summed E-state index contributed by atoms with van der Waals surface area (Å²) in [5.41, 5.74) is 10.2. The Bertz CT molecular complexity index is 1570. The molecule has 0 saturated heterocycles. The Hall–Kier alpha value is -4.92. The van der Waals surface area contributed by atoms with E-state index >= 15 is 0 Å². The first-order chi connectivity index (χ1) is 17.0. The minimum atomic E-state index is -0.390. The molecule has 5 rings (SSSR count). The van der Waals surface area contributed by atoms with E-state index in [1.165, 1.54) is 10.9 Å². The number of nitrogens with two attached hydrogens (primary N) is 1. The number of fused-ring (bicyclic) bond motifs is 2. The molecular formula is C26H22N6O3. The van der Waals surface area contributed by atoms with Crippen molar-refractivity contribution in [2.45, 2.75) is 6.54 Å². The number of hydrogen-bond donors (Lipinski definition) is 3. The lowest BCUT2D eigenvalue weighted by atomic mass is 10.2. The molecule has 0 aliphatic rings.